The van der Waals surface area contributed by atoms with Crippen LogP contribution in [0.3, 0.4) is 0 Å². The first-order valence-electron chi connectivity index (χ1n) is 10.9. The fourth-order valence-electron chi connectivity index (χ4n) is 3.78. The molecule has 168 valence electrons. The number of nitrogens with one attached hydrogen (secondary N) is 2. The Morgan fingerprint density at radius 3 is 2.47 bits per heavy atom. The van der Waals surface area contributed by atoms with Crippen molar-refractivity contribution in [2.24, 2.45) is 0 Å². The van der Waals surface area contributed by atoms with Crippen LogP contribution >= 0.6 is 0 Å². The number of carbonyl (C=O) groups excluding carboxylic acids is 1. The molecule has 34 heavy (non-hydrogen) atoms. The highest BCUT2D eigenvalue weighted by atomic mass is 16.1. The molecule has 3 aromatic carbocycles. The number of carbonyl (C=O) groups is 1. The largest absolute Gasteiger partial charge is 0.348 e. The Bertz CT molecular complexity index is 1500. The van der Waals surface area contributed by atoms with E-state index in [1.807, 2.05) is 67.6 Å². The van der Waals surface area contributed by atoms with E-state index in [1.165, 1.54) is 5.56 Å². The first kappa shape index (κ1) is 21.3. The smallest absolute Gasteiger partial charge is 0.258 e. The fraction of sp³-hybridized carbons (Fsp3) is 0.115. The van der Waals surface area contributed by atoms with Gasteiger partial charge in [-0.3, -0.25) is 9.59 Å². The fourth-order valence-corrected chi connectivity index (χ4v) is 3.78. The van der Waals surface area contributed by atoms with E-state index in [-0.39, 0.29) is 11.5 Å². The molecule has 0 aliphatic rings. The molecule has 0 atom stereocenters. The van der Waals surface area contributed by atoms with Crippen molar-refractivity contribution in [2.45, 2.75) is 20.0 Å². The Kier molecular flexibility index (Phi) is 5.70. The predicted octanol–water partition coefficient (Wildman–Crippen LogP) is 3.47. The third-order valence-corrected chi connectivity index (χ3v) is 5.72. The van der Waals surface area contributed by atoms with Crippen LogP contribution in [0.5, 0.6) is 0 Å². The van der Waals surface area contributed by atoms with Crippen molar-refractivity contribution in [1.29, 1.82) is 0 Å². The number of tetrazole rings is 1. The summed E-state index contributed by atoms with van der Waals surface area (Å²) in [5.74, 6) is 0.303. The third-order valence-electron chi connectivity index (χ3n) is 5.72. The van der Waals surface area contributed by atoms with Gasteiger partial charge in [-0.15, -0.1) is 10.2 Å². The van der Waals surface area contributed by atoms with Crippen LogP contribution in [0.15, 0.2) is 83.8 Å². The normalized spacial score (nSPS) is 11.0. The number of hydrogen-bond donors (Lipinski definition) is 2. The van der Waals surface area contributed by atoms with E-state index in [1.54, 1.807) is 22.9 Å². The monoisotopic (exact) mass is 450 g/mol. The van der Waals surface area contributed by atoms with Crippen LogP contribution in [-0.2, 0) is 13.1 Å². The van der Waals surface area contributed by atoms with E-state index in [9.17, 15) is 9.59 Å². The molecule has 0 fully saturated rings. The van der Waals surface area contributed by atoms with Gasteiger partial charge in [0.2, 0.25) is 5.82 Å². The van der Waals surface area contributed by atoms with Gasteiger partial charge in [0.1, 0.15) is 0 Å². The van der Waals surface area contributed by atoms with Crippen molar-refractivity contribution in [3.05, 3.63) is 112 Å². The van der Waals surface area contributed by atoms with Crippen LogP contribution in [0, 0.1) is 6.92 Å². The van der Waals surface area contributed by atoms with E-state index in [0.29, 0.717) is 29.9 Å². The molecule has 0 aliphatic heterocycles. The molecule has 0 unspecified atom stereocenters. The molecule has 0 spiro atoms. The Morgan fingerprint density at radius 1 is 0.971 bits per heavy atom. The van der Waals surface area contributed by atoms with Gasteiger partial charge in [0.15, 0.2) is 0 Å². The summed E-state index contributed by atoms with van der Waals surface area (Å²) >= 11 is 0. The Morgan fingerprint density at radius 2 is 1.74 bits per heavy atom. The van der Waals surface area contributed by atoms with Gasteiger partial charge in [-0.05, 0) is 46.8 Å². The lowest BCUT2D eigenvalue weighted by Gasteiger charge is -2.10. The Labute approximate surface area is 195 Å². The number of fused-ring (bicyclic) bond motifs is 1. The second-order valence-electron chi connectivity index (χ2n) is 8.15. The number of rotatable bonds is 6. The zero-order chi connectivity index (χ0) is 23.5. The molecule has 2 aromatic heterocycles. The molecule has 0 saturated carbocycles. The SMILES string of the molecule is Cc1ccc(CNC(=O)c2ccc3ccn(Cc4ccc(-c5nn[nH]n5)cc4)c(=O)c3c2)cc1. The van der Waals surface area contributed by atoms with Crippen LogP contribution in [0.4, 0.5) is 0 Å². The molecular formula is C26H22N6O2. The minimum Gasteiger partial charge on any atom is -0.348 e. The van der Waals surface area contributed by atoms with Crippen LogP contribution in [0.25, 0.3) is 22.2 Å². The molecule has 2 N–H and O–H groups in total. The zero-order valence-electron chi connectivity index (χ0n) is 18.5. The average Bonchev–Trinajstić information content (AvgIpc) is 3.41. The van der Waals surface area contributed by atoms with E-state index in [0.717, 1.165) is 22.1 Å². The van der Waals surface area contributed by atoms with Gasteiger partial charge in [0.05, 0.1) is 6.54 Å². The molecule has 8 nitrogen and oxygen atoms in total. The maximum atomic E-state index is 13.2. The Balaban J connectivity index is 1.35. The highest BCUT2D eigenvalue weighted by molar-refractivity contribution is 5.98. The highest BCUT2D eigenvalue weighted by Crippen LogP contribution is 2.16. The van der Waals surface area contributed by atoms with Crippen molar-refractivity contribution in [1.82, 2.24) is 30.5 Å². The number of nitrogens with zero attached hydrogens (tertiary/aromatic N) is 4. The van der Waals surface area contributed by atoms with Gasteiger partial charge >= 0.3 is 0 Å². The molecule has 0 aliphatic carbocycles. The first-order chi connectivity index (χ1) is 16.6. The lowest BCUT2D eigenvalue weighted by Crippen LogP contribution is -2.24. The van der Waals surface area contributed by atoms with Crippen LogP contribution < -0.4 is 10.9 Å². The summed E-state index contributed by atoms with van der Waals surface area (Å²) in [6.07, 6.45) is 1.77. The van der Waals surface area contributed by atoms with E-state index in [2.05, 4.69) is 25.9 Å². The summed E-state index contributed by atoms with van der Waals surface area (Å²) in [5.41, 5.74) is 4.30. The second kappa shape index (κ2) is 9.11. The average molecular weight is 451 g/mol. The lowest BCUT2D eigenvalue weighted by atomic mass is 10.1. The molecular weight excluding hydrogens is 428 g/mol. The van der Waals surface area contributed by atoms with Gasteiger partial charge in [-0.1, -0.05) is 60.2 Å². The number of hydrogen-bond acceptors (Lipinski definition) is 5. The summed E-state index contributed by atoms with van der Waals surface area (Å²) in [6.45, 7) is 2.86. The number of aromatic amines is 1. The molecule has 5 aromatic rings. The van der Waals surface area contributed by atoms with E-state index < -0.39 is 0 Å². The van der Waals surface area contributed by atoms with Crippen LogP contribution in [0.1, 0.15) is 27.0 Å². The van der Waals surface area contributed by atoms with Gasteiger partial charge in [-0.25, -0.2) is 0 Å². The van der Waals surface area contributed by atoms with E-state index >= 15 is 0 Å². The zero-order valence-corrected chi connectivity index (χ0v) is 18.5. The van der Waals surface area contributed by atoms with Crippen molar-refractivity contribution >= 4 is 16.7 Å². The quantitative estimate of drug-likeness (QED) is 0.412. The minimum absolute atomic E-state index is 0.145. The number of benzene rings is 3. The van der Waals surface area contributed by atoms with Gasteiger partial charge in [0, 0.05) is 29.3 Å². The number of amides is 1. The van der Waals surface area contributed by atoms with Crippen molar-refractivity contribution in [3.8, 4) is 11.4 Å². The molecule has 8 heteroatoms. The summed E-state index contributed by atoms with van der Waals surface area (Å²) in [6, 6.07) is 22.7. The lowest BCUT2D eigenvalue weighted by molar-refractivity contribution is 0.0951. The van der Waals surface area contributed by atoms with Gasteiger partial charge in [0.25, 0.3) is 11.5 Å². The Hall–Kier alpha value is -4.59. The summed E-state index contributed by atoms with van der Waals surface area (Å²) in [5, 5.41) is 18.2. The second-order valence-corrected chi connectivity index (χ2v) is 8.15. The molecule has 1 amide bonds. The molecule has 0 bridgehead atoms. The maximum Gasteiger partial charge on any atom is 0.258 e. The summed E-state index contributed by atoms with van der Waals surface area (Å²) < 4.78 is 1.64. The van der Waals surface area contributed by atoms with E-state index in [4.69, 9.17) is 0 Å². The summed E-state index contributed by atoms with van der Waals surface area (Å²) in [4.78, 5) is 25.9. The third kappa shape index (κ3) is 4.47. The first-order valence-corrected chi connectivity index (χ1v) is 10.9. The predicted molar refractivity (Wildman–Crippen MR) is 129 cm³/mol. The number of aromatic nitrogens is 5. The van der Waals surface area contributed by atoms with Crippen molar-refractivity contribution in [3.63, 3.8) is 0 Å². The maximum absolute atomic E-state index is 13.2. The molecule has 0 radical (unpaired) electrons. The van der Waals surface area contributed by atoms with Gasteiger partial charge < -0.3 is 9.88 Å². The number of H-pyrrole nitrogens is 1. The van der Waals surface area contributed by atoms with Crippen LogP contribution in [0.2, 0.25) is 0 Å². The number of pyridine rings is 1. The molecule has 2 heterocycles. The molecule has 5 rings (SSSR count). The minimum atomic E-state index is -0.214. The molecule has 0 saturated heterocycles. The van der Waals surface area contributed by atoms with Crippen molar-refractivity contribution in [2.75, 3.05) is 0 Å². The summed E-state index contributed by atoms with van der Waals surface area (Å²) in [7, 11) is 0. The standard InChI is InChI=1S/C26H22N6O2/c1-17-2-4-18(5-3-17)15-27-25(33)22-11-10-20-12-13-32(26(34)23(20)14-22)16-19-6-8-21(9-7-19)24-28-30-31-29-24/h2-14H,15-16H2,1H3,(H,27,33)(H,28,29,30,31). The number of aryl methyl sites for hydroxylation is 1. The highest BCUT2D eigenvalue weighted by Gasteiger charge is 2.10. The topological polar surface area (TPSA) is 106 Å². The van der Waals surface area contributed by atoms with Crippen molar-refractivity contribution < 1.29 is 4.79 Å². The van der Waals surface area contributed by atoms with Crippen LogP contribution in [-0.4, -0.2) is 31.1 Å². The van der Waals surface area contributed by atoms with Gasteiger partial charge in [-0.2, -0.15) is 5.21 Å².